The van der Waals surface area contributed by atoms with Crippen LogP contribution < -0.4 is 10.2 Å². The van der Waals surface area contributed by atoms with Crippen LogP contribution in [0.5, 0.6) is 0 Å². The van der Waals surface area contributed by atoms with Gasteiger partial charge in [0.1, 0.15) is 17.5 Å². The minimum absolute atomic E-state index is 0.548. The van der Waals surface area contributed by atoms with Gasteiger partial charge in [0.2, 0.25) is 0 Å². The maximum absolute atomic E-state index is 9.13. The van der Waals surface area contributed by atoms with Crippen molar-refractivity contribution in [2.24, 2.45) is 0 Å². The first-order chi connectivity index (χ1) is 14.7. The lowest BCUT2D eigenvalue weighted by atomic mass is 10.1. The molecule has 0 bridgehead atoms. The van der Waals surface area contributed by atoms with Crippen molar-refractivity contribution in [3.8, 4) is 17.3 Å². The molecule has 1 aliphatic carbocycles. The minimum atomic E-state index is 0.548. The van der Waals surface area contributed by atoms with E-state index in [1.165, 1.54) is 31.2 Å². The maximum atomic E-state index is 9.13. The van der Waals surface area contributed by atoms with Crippen molar-refractivity contribution in [1.29, 1.82) is 5.26 Å². The second-order valence-electron chi connectivity index (χ2n) is 8.20. The Labute approximate surface area is 176 Å². The van der Waals surface area contributed by atoms with E-state index in [1.807, 2.05) is 6.20 Å². The van der Waals surface area contributed by atoms with Gasteiger partial charge in [0.15, 0.2) is 0 Å². The highest BCUT2D eigenvalue weighted by Crippen LogP contribution is 2.42. The quantitative estimate of drug-likeness (QED) is 0.652. The first-order valence-corrected chi connectivity index (χ1v) is 10.6. The third kappa shape index (κ3) is 3.84. The van der Waals surface area contributed by atoms with E-state index < -0.39 is 0 Å². The molecule has 3 aromatic rings. The van der Waals surface area contributed by atoms with Gasteiger partial charge in [-0.1, -0.05) is 0 Å². The van der Waals surface area contributed by atoms with Gasteiger partial charge < -0.3 is 10.2 Å². The Morgan fingerprint density at radius 3 is 2.67 bits per heavy atom. The molecule has 0 unspecified atom stereocenters. The number of nitrogens with zero attached hydrogens (tertiary/aromatic N) is 5. The van der Waals surface area contributed by atoms with Gasteiger partial charge >= 0.3 is 0 Å². The summed E-state index contributed by atoms with van der Waals surface area (Å²) in [5, 5.41) is 12.4. The molecule has 150 valence electrons. The number of nitriles is 1. The molecule has 2 aliphatic rings. The van der Waals surface area contributed by atoms with Gasteiger partial charge in [-0.3, -0.25) is 0 Å². The number of pyridine rings is 3. The van der Waals surface area contributed by atoms with Crippen LogP contribution in [0.2, 0.25) is 0 Å². The van der Waals surface area contributed by atoms with Crippen LogP contribution in [-0.2, 0) is 0 Å². The predicted molar refractivity (Wildman–Crippen MR) is 118 cm³/mol. The summed E-state index contributed by atoms with van der Waals surface area (Å²) in [6, 6.07) is 14.6. The smallest absolute Gasteiger partial charge is 0.132 e. The van der Waals surface area contributed by atoms with Crippen LogP contribution in [0, 0.1) is 11.3 Å². The fourth-order valence-electron chi connectivity index (χ4n) is 4.10. The van der Waals surface area contributed by atoms with E-state index in [0.717, 1.165) is 29.4 Å². The fourth-order valence-corrected chi connectivity index (χ4v) is 4.10. The topological polar surface area (TPSA) is 77.7 Å². The second kappa shape index (κ2) is 7.75. The van der Waals surface area contributed by atoms with E-state index in [2.05, 4.69) is 52.5 Å². The van der Waals surface area contributed by atoms with Crippen molar-refractivity contribution in [3.63, 3.8) is 0 Å². The Morgan fingerprint density at radius 2 is 1.97 bits per heavy atom. The monoisotopic (exact) mass is 396 g/mol. The summed E-state index contributed by atoms with van der Waals surface area (Å²) in [4.78, 5) is 16.2. The average molecular weight is 396 g/mol. The molecule has 0 spiro atoms. The first-order valence-electron chi connectivity index (χ1n) is 10.6. The lowest BCUT2D eigenvalue weighted by Crippen LogP contribution is -2.26. The lowest BCUT2D eigenvalue weighted by Gasteiger charge is -2.22. The molecule has 1 N–H and O–H groups in total. The van der Waals surface area contributed by atoms with Gasteiger partial charge in [-0.25, -0.2) is 15.0 Å². The molecule has 1 aliphatic heterocycles. The van der Waals surface area contributed by atoms with Crippen LogP contribution in [0.1, 0.15) is 49.7 Å². The molecule has 5 rings (SSSR count). The SMILES string of the molecule is C[C@H]1CCCN1c1ccc(-c2cc(C3CC3)cc(Nc3cc(C#N)ccn3)n2)cn1. The largest absolute Gasteiger partial charge is 0.354 e. The Kier molecular flexibility index (Phi) is 4.80. The van der Waals surface area contributed by atoms with Crippen LogP contribution >= 0.6 is 0 Å². The van der Waals surface area contributed by atoms with Crippen LogP contribution in [0.15, 0.2) is 48.8 Å². The van der Waals surface area contributed by atoms with Gasteiger partial charge in [-0.05, 0) is 80.5 Å². The molecule has 1 atom stereocenters. The molecule has 1 saturated heterocycles. The molecule has 3 aromatic heterocycles. The van der Waals surface area contributed by atoms with Crippen molar-refractivity contribution in [3.05, 3.63) is 59.9 Å². The van der Waals surface area contributed by atoms with Gasteiger partial charge in [0.25, 0.3) is 0 Å². The van der Waals surface area contributed by atoms with E-state index in [-0.39, 0.29) is 0 Å². The standard InChI is InChI=1S/C24H24N6/c1-16-3-2-10-30(16)24-7-6-19(15-27-24)21-12-20(18-4-5-18)13-23(28-21)29-22-11-17(14-25)8-9-26-22/h6-9,11-13,15-16,18H,2-5,10H2,1H3,(H,26,28,29)/t16-/m0/s1. The Hall–Kier alpha value is -3.46. The third-order valence-corrected chi connectivity index (χ3v) is 5.93. The Balaban J connectivity index is 1.45. The van der Waals surface area contributed by atoms with Crippen molar-refractivity contribution < 1.29 is 0 Å². The summed E-state index contributed by atoms with van der Waals surface area (Å²) in [5.74, 6) is 3.01. The number of hydrogen-bond acceptors (Lipinski definition) is 6. The predicted octanol–water partition coefficient (Wildman–Crippen LogP) is 5.02. The summed E-state index contributed by atoms with van der Waals surface area (Å²) in [6.07, 6.45) is 8.45. The van der Waals surface area contributed by atoms with Crippen LogP contribution in [0.25, 0.3) is 11.3 Å². The number of rotatable bonds is 5. The van der Waals surface area contributed by atoms with Gasteiger partial charge in [0.05, 0.1) is 17.3 Å². The van der Waals surface area contributed by atoms with Crippen LogP contribution in [0.4, 0.5) is 17.5 Å². The molecule has 0 aromatic carbocycles. The fraction of sp³-hybridized carbons (Fsp3) is 0.333. The molecule has 2 fully saturated rings. The zero-order valence-corrected chi connectivity index (χ0v) is 17.0. The molecule has 0 radical (unpaired) electrons. The van der Waals surface area contributed by atoms with Crippen molar-refractivity contribution in [2.45, 2.75) is 44.6 Å². The molecule has 6 heteroatoms. The molecular weight excluding hydrogens is 372 g/mol. The van der Waals surface area contributed by atoms with Gasteiger partial charge in [0, 0.05) is 30.5 Å². The number of nitrogens with one attached hydrogen (secondary N) is 1. The first kappa shape index (κ1) is 18.6. The zero-order valence-electron chi connectivity index (χ0n) is 17.0. The minimum Gasteiger partial charge on any atom is -0.354 e. The Morgan fingerprint density at radius 1 is 1.07 bits per heavy atom. The highest BCUT2D eigenvalue weighted by atomic mass is 15.2. The van der Waals surface area contributed by atoms with Crippen molar-refractivity contribution in [2.75, 3.05) is 16.8 Å². The highest BCUT2D eigenvalue weighted by Gasteiger charge is 2.25. The lowest BCUT2D eigenvalue weighted by molar-refractivity contribution is 0.727. The number of anilines is 3. The van der Waals surface area contributed by atoms with Crippen LogP contribution in [-0.4, -0.2) is 27.5 Å². The van der Waals surface area contributed by atoms with Crippen LogP contribution in [0.3, 0.4) is 0 Å². The van der Waals surface area contributed by atoms with E-state index in [4.69, 9.17) is 15.2 Å². The molecule has 30 heavy (non-hydrogen) atoms. The van der Waals surface area contributed by atoms with E-state index in [0.29, 0.717) is 23.3 Å². The van der Waals surface area contributed by atoms with Gasteiger partial charge in [-0.2, -0.15) is 5.26 Å². The molecular formula is C24H24N6. The van der Waals surface area contributed by atoms with E-state index in [9.17, 15) is 0 Å². The highest BCUT2D eigenvalue weighted by molar-refractivity contribution is 5.66. The number of hydrogen-bond donors (Lipinski definition) is 1. The van der Waals surface area contributed by atoms with Crippen molar-refractivity contribution in [1.82, 2.24) is 15.0 Å². The average Bonchev–Trinajstić information content (AvgIpc) is 3.55. The summed E-state index contributed by atoms with van der Waals surface area (Å²) in [6.45, 7) is 3.34. The van der Waals surface area contributed by atoms with E-state index in [1.54, 1.807) is 18.3 Å². The maximum Gasteiger partial charge on any atom is 0.132 e. The number of aromatic nitrogens is 3. The zero-order chi connectivity index (χ0) is 20.5. The molecule has 1 saturated carbocycles. The summed E-state index contributed by atoms with van der Waals surface area (Å²) in [7, 11) is 0. The molecule has 0 amide bonds. The second-order valence-corrected chi connectivity index (χ2v) is 8.20. The Bertz CT molecular complexity index is 1100. The van der Waals surface area contributed by atoms with E-state index >= 15 is 0 Å². The van der Waals surface area contributed by atoms with Crippen molar-refractivity contribution >= 4 is 17.5 Å². The summed E-state index contributed by atoms with van der Waals surface area (Å²) >= 11 is 0. The molecule has 6 nitrogen and oxygen atoms in total. The third-order valence-electron chi connectivity index (χ3n) is 5.93. The summed E-state index contributed by atoms with van der Waals surface area (Å²) < 4.78 is 0. The summed E-state index contributed by atoms with van der Waals surface area (Å²) in [5.41, 5.74) is 3.78. The van der Waals surface area contributed by atoms with Gasteiger partial charge in [-0.15, -0.1) is 0 Å². The normalized spacial score (nSPS) is 18.3. The molecule has 4 heterocycles.